The zero-order valence-corrected chi connectivity index (χ0v) is 13.7. The Labute approximate surface area is 125 Å². The molecule has 3 nitrogen and oxygen atoms in total. The standard InChI is InChI=1S/C17H34N2O/c1-4-20-12-17(13(2)3)19-16-10-7-8-14(16)15-9-5-6-11-18-15/h13-19H,4-12H2,1-3H3. The maximum Gasteiger partial charge on any atom is 0.0622 e. The van der Waals surface area contributed by atoms with Gasteiger partial charge in [-0.05, 0) is 51.0 Å². The van der Waals surface area contributed by atoms with Crippen molar-refractivity contribution in [3.8, 4) is 0 Å². The second-order valence-electron chi connectivity index (χ2n) is 6.93. The van der Waals surface area contributed by atoms with Crippen LogP contribution in [0.2, 0.25) is 0 Å². The Kier molecular flexibility index (Phi) is 6.79. The third-order valence-electron chi connectivity index (χ3n) is 5.17. The predicted molar refractivity (Wildman–Crippen MR) is 85.0 cm³/mol. The summed E-state index contributed by atoms with van der Waals surface area (Å²) < 4.78 is 5.67. The van der Waals surface area contributed by atoms with E-state index in [2.05, 4.69) is 31.4 Å². The van der Waals surface area contributed by atoms with Crippen molar-refractivity contribution >= 4 is 0 Å². The summed E-state index contributed by atoms with van der Waals surface area (Å²) in [6.07, 6.45) is 8.28. The first kappa shape index (κ1) is 16.3. The van der Waals surface area contributed by atoms with Gasteiger partial charge in [0.25, 0.3) is 0 Å². The van der Waals surface area contributed by atoms with Crippen molar-refractivity contribution in [2.24, 2.45) is 11.8 Å². The van der Waals surface area contributed by atoms with Crippen LogP contribution in [0.4, 0.5) is 0 Å². The zero-order valence-electron chi connectivity index (χ0n) is 13.7. The molecule has 4 unspecified atom stereocenters. The molecule has 3 heteroatoms. The van der Waals surface area contributed by atoms with Crippen molar-refractivity contribution in [3.63, 3.8) is 0 Å². The molecule has 2 aliphatic rings. The number of nitrogens with one attached hydrogen (secondary N) is 2. The fraction of sp³-hybridized carbons (Fsp3) is 1.00. The Morgan fingerprint density at radius 1 is 1.15 bits per heavy atom. The summed E-state index contributed by atoms with van der Waals surface area (Å²) in [6, 6.07) is 1.95. The minimum absolute atomic E-state index is 0.504. The van der Waals surface area contributed by atoms with Gasteiger partial charge in [-0.3, -0.25) is 0 Å². The van der Waals surface area contributed by atoms with Crippen molar-refractivity contribution in [3.05, 3.63) is 0 Å². The normalized spacial score (nSPS) is 32.7. The number of hydrogen-bond acceptors (Lipinski definition) is 3. The van der Waals surface area contributed by atoms with E-state index >= 15 is 0 Å². The van der Waals surface area contributed by atoms with Gasteiger partial charge in [-0.25, -0.2) is 0 Å². The average molecular weight is 282 g/mol. The summed E-state index contributed by atoms with van der Waals surface area (Å²) in [5, 5.41) is 7.70. The lowest BCUT2D eigenvalue weighted by Crippen LogP contribution is -2.51. The minimum atomic E-state index is 0.504. The topological polar surface area (TPSA) is 33.3 Å². The molecule has 20 heavy (non-hydrogen) atoms. The lowest BCUT2D eigenvalue weighted by atomic mass is 9.87. The van der Waals surface area contributed by atoms with Gasteiger partial charge in [-0.1, -0.05) is 26.7 Å². The molecule has 1 heterocycles. The highest BCUT2D eigenvalue weighted by atomic mass is 16.5. The molecule has 0 aromatic heterocycles. The van der Waals surface area contributed by atoms with Gasteiger partial charge in [0.15, 0.2) is 0 Å². The number of rotatable bonds is 7. The molecule has 118 valence electrons. The largest absolute Gasteiger partial charge is 0.380 e. The molecule has 0 aromatic rings. The molecule has 1 saturated heterocycles. The Balaban J connectivity index is 1.88. The lowest BCUT2D eigenvalue weighted by molar-refractivity contribution is 0.0976. The summed E-state index contributed by atoms with van der Waals surface area (Å²) in [4.78, 5) is 0. The highest BCUT2D eigenvalue weighted by Gasteiger charge is 2.35. The van der Waals surface area contributed by atoms with E-state index in [-0.39, 0.29) is 0 Å². The summed E-state index contributed by atoms with van der Waals surface area (Å²) in [7, 11) is 0. The van der Waals surface area contributed by atoms with E-state index in [1.54, 1.807) is 0 Å². The monoisotopic (exact) mass is 282 g/mol. The van der Waals surface area contributed by atoms with E-state index in [0.29, 0.717) is 18.0 Å². The van der Waals surface area contributed by atoms with Crippen molar-refractivity contribution in [1.29, 1.82) is 0 Å². The van der Waals surface area contributed by atoms with Gasteiger partial charge in [-0.15, -0.1) is 0 Å². The van der Waals surface area contributed by atoms with Crippen molar-refractivity contribution in [2.45, 2.75) is 77.4 Å². The summed E-state index contributed by atoms with van der Waals surface area (Å²) in [6.45, 7) is 9.60. The molecule has 1 saturated carbocycles. The third kappa shape index (κ3) is 4.44. The van der Waals surface area contributed by atoms with Gasteiger partial charge in [0.05, 0.1) is 6.61 Å². The van der Waals surface area contributed by atoms with Crippen LogP contribution in [0.5, 0.6) is 0 Å². The van der Waals surface area contributed by atoms with Gasteiger partial charge < -0.3 is 15.4 Å². The van der Waals surface area contributed by atoms with E-state index in [4.69, 9.17) is 4.74 Å². The predicted octanol–water partition coefficient (Wildman–Crippen LogP) is 2.95. The first-order valence-electron chi connectivity index (χ1n) is 8.79. The van der Waals surface area contributed by atoms with Crippen molar-refractivity contribution < 1.29 is 4.74 Å². The van der Waals surface area contributed by atoms with Crippen LogP contribution in [0.3, 0.4) is 0 Å². The molecule has 2 fully saturated rings. The van der Waals surface area contributed by atoms with E-state index in [9.17, 15) is 0 Å². The van der Waals surface area contributed by atoms with Crippen molar-refractivity contribution in [2.75, 3.05) is 19.8 Å². The smallest absolute Gasteiger partial charge is 0.0622 e. The van der Waals surface area contributed by atoms with Gasteiger partial charge in [0.1, 0.15) is 0 Å². The maximum atomic E-state index is 5.67. The second kappa shape index (κ2) is 8.35. The van der Waals surface area contributed by atoms with Gasteiger partial charge in [-0.2, -0.15) is 0 Å². The molecule has 2 N–H and O–H groups in total. The van der Waals surface area contributed by atoms with Crippen LogP contribution >= 0.6 is 0 Å². The van der Waals surface area contributed by atoms with E-state index in [1.807, 2.05) is 0 Å². The zero-order chi connectivity index (χ0) is 14.4. The molecule has 0 bridgehead atoms. The second-order valence-corrected chi connectivity index (χ2v) is 6.93. The Morgan fingerprint density at radius 2 is 2.00 bits per heavy atom. The highest BCUT2D eigenvalue weighted by Crippen LogP contribution is 2.32. The molecule has 1 aliphatic heterocycles. The third-order valence-corrected chi connectivity index (χ3v) is 5.17. The minimum Gasteiger partial charge on any atom is -0.380 e. The fourth-order valence-corrected chi connectivity index (χ4v) is 3.87. The Hall–Kier alpha value is -0.120. The molecular formula is C17H34N2O. The molecule has 4 atom stereocenters. The van der Waals surface area contributed by atoms with Crippen LogP contribution in [0.1, 0.15) is 59.3 Å². The Morgan fingerprint density at radius 3 is 2.65 bits per heavy atom. The summed E-state index contributed by atoms with van der Waals surface area (Å²) in [5.41, 5.74) is 0. The summed E-state index contributed by atoms with van der Waals surface area (Å²) in [5.74, 6) is 1.47. The molecule has 0 radical (unpaired) electrons. The van der Waals surface area contributed by atoms with Crippen LogP contribution in [0, 0.1) is 11.8 Å². The van der Waals surface area contributed by atoms with E-state index in [0.717, 1.165) is 25.2 Å². The van der Waals surface area contributed by atoms with Gasteiger partial charge >= 0.3 is 0 Å². The fourth-order valence-electron chi connectivity index (χ4n) is 3.87. The first-order chi connectivity index (χ1) is 9.72. The lowest BCUT2D eigenvalue weighted by Gasteiger charge is -2.35. The number of piperidine rings is 1. The number of ether oxygens (including phenoxy) is 1. The molecular weight excluding hydrogens is 248 g/mol. The van der Waals surface area contributed by atoms with E-state index < -0.39 is 0 Å². The van der Waals surface area contributed by atoms with Crippen LogP contribution in [-0.2, 0) is 4.74 Å². The molecule has 2 rings (SSSR count). The Bertz CT molecular complexity index is 264. The maximum absolute atomic E-state index is 5.67. The van der Waals surface area contributed by atoms with Gasteiger partial charge in [0.2, 0.25) is 0 Å². The van der Waals surface area contributed by atoms with Crippen LogP contribution in [0.25, 0.3) is 0 Å². The average Bonchev–Trinajstić information content (AvgIpc) is 2.92. The van der Waals surface area contributed by atoms with Crippen LogP contribution < -0.4 is 10.6 Å². The van der Waals surface area contributed by atoms with E-state index in [1.165, 1.54) is 45.1 Å². The molecule has 0 aromatic carbocycles. The van der Waals surface area contributed by atoms with Crippen molar-refractivity contribution in [1.82, 2.24) is 10.6 Å². The SMILES string of the molecule is CCOCC(NC1CCCC1C1CCCCN1)C(C)C. The highest BCUT2D eigenvalue weighted by molar-refractivity contribution is 4.94. The molecule has 0 spiro atoms. The first-order valence-corrected chi connectivity index (χ1v) is 8.79. The number of hydrogen-bond donors (Lipinski definition) is 2. The van der Waals surface area contributed by atoms with Crippen LogP contribution in [0.15, 0.2) is 0 Å². The van der Waals surface area contributed by atoms with Crippen LogP contribution in [-0.4, -0.2) is 37.9 Å². The molecule has 1 aliphatic carbocycles. The molecule has 0 amide bonds. The van der Waals surface area contributed by atoms with Gasteiger partial charge in [0, 0.05) is 24.7 Å². The summed E-state index contributed by atoms with van der Waals surface area (Å²) >= 11 is 0. The quantitative estimate of drug-likeness (QED) is 0.753.